The lowest BCUT2D eigenvalue weighted by molar-refractivity contribution is 0.194. The maximum atomic E-state index is 13.6. The molecule has 8 heteroatoms. The van der Waals surface area contributed by atoms with Gasteiger partial charge >= 0.3 is 0 Å². The van der Waals surface area contributed by atoms with E-state index in [2.05, 4.69) is 15.3 Å². The van der Waals surface area contributed by atoms with Gasteiger partial charge in [0.05, 0.1) is 12.1 Å². The summed E-state index contributed by atoms with van der Waals surface area (Å²) in [6.45, 7) is 2.16. The Kier molecular flexibility index (Phi) is 3.42. The average Bonchev–Trinajstić information content (AvgIpc) is 3.13. The van der Waals surface area contributed by atoms with Gasteiger partial charge in [-0.2, -0.15) is 4.52 Å². The van der Waals surface area contributed by atoms with Crippen molar-refractivity contribution < 1.29 is 13.9 Å². The van der Waals surface area contributed by atoms with Crippen LogP contribution in [0.5, 0.6) is 0 Å². The number of aryl methyl sites for hydroxylation is 1. The third-order valence-corrected chi connectivity index (χ3v) is 4.31. The van der Waals surface area contributed by atoms with Crippen LogP contribution in [0.2, 0.25) is 0 Å². The molecule has 0 bridgehead atoms. The first-order valence-electron chi connectivity index (χ1n) is 7.61. The standard InChI is InChI=1S/C16H15F2N5O/c1-9-19-20-15-4-5-16(21-23(9)15)22-8-11(24)7-14(22)10-2-3-12(17)13(18)6-10/h2-6,11,14,24H,7-8H2,1H3. The molecule has 0 saturated carbocycles. The van der Waals surface area contributed by atoms with Crippen LogP contribution in [-0.4, -0.2) is 37.6 Å². The van der Waals surface area contributed by atoms with E-state index in [1.807, 2.05) is 4.90 Å². The number of aromatic nitrogens is 4. The van der Waals surface area contributed by atoms with E-state index in [1.165, 1.54) is 12.1 Å². The maximum Gasteiger partial charge on any atom is 0.178 e. The van der Waals surface area contributed by atoms with Crippen molar-refractivity contribution in [2.24, 2.45) is 0 Å². The molecular formula is C16H15F2N5O. The highest BCUT2D eigenvalue weighted by molar-refractivity contribution is 5.49. The minimum atomic E-state index is -0.896. The predicted molar refractivity (Wildman–Crippen MR) is 82.6 cm³/mol. The summed E-state index contributed by atoms with van der Waals surface area (Å²) in [6.07, 6.45) is -0.144. The zero-order valence-electron chi connectivity index (χ0n) is 12.9. The third-order valence-electron chi connectivity index (χ3n) is 4.31. The highest BCUT2D eigenvalue weighted by Crippen LogP contribution is 2.35. The zero-order chi connectivity index (χ0) is 16.8. The van der Waals surface area contributed by atoms with Gasteiger partial charge in [0.25, 0.3) is 0 Å². The third kappa shape index (κ3) is 2.39. The fourth-order valence-corrected chi connectivity index (χ4v) is 3.14. The molecule has 1 saturated heterocycles. The monoisotopic (exact) mass is 331 g/mol. The van der Waals surface area contributed by atoms with Crippen molar-refractivity contribution in [2.45, 2.75) is 25.5 Å². The Morgan fingerprint density at radius 1 is 1.12 bits per heavy atom. The van der Waals surface area contributed by atoms with Crippen molar-refractivity contribution in [1.82, 2.24) is 19.8 Å². The van der Waals surface area contributed by atoms with Gasteiger partial charge in [0.2, 0.25) is 0 Å². The van der Waals surface area contributed by atoms with Crippen LogP contribution in [0.1, 0.15) is 23.9 Å². The summed E-state index contributed by atoms with van der Waals surface area (Å²) in [5, 5.41) is 22.5. The number of benzene rings is 1. The molecule has 0 spiro atoms. The second-order valence-electron chi connectivity index (χ2n) is 5.94. The maximum absolute atomic E-state index is 13.6. The molecule has 2 unspecified atom stereocenters. The first-order valence-corrected chi connectivity index (χ1v) is 7.61. The molecule has 1 aromatic carbocycles. The smallest absolute Gasteiger partial charge is 0.178 e. The van der Waals surface area contributed by atoms with E-state index < -0.39 is 17.7 Å². The van der Waals surface area contributed by atoms with Crippen LogP contribution in [-0.2, 0) is 0 Å². The van der Waals surface area contributed by atoms with Crippen molar-refractivity contribution in [1.29, 1.82) is 0 Å². The lowest BCUT2D eigenvalue weighted by Gasteiger charge is -2.25. The fraction of sp³-hybridized carbons (Fsp3) is 0.312. The number of hydrogen-bond donors (Lipinski definition) is 1. The van der Waals surface area contributed by atoms with Gasteiger partial charge < -0.3 is 10.0 Å². The molecule has 1 N–H and O–H groups in total. The quantitative estimate of drug-likeness (QED) is 0.778. The van der Waals surface area contributed by atoms with Gasteiger partial charge in [-0.15, -0.1) is 15.3 Å². The molecule has 4 rings (SSSR count). The van der Waals surface area contributed by atoms with Crippen molar-refractivity contribution in [2.75, 3.05) is 11.4 Å². The van der Waals surface area contributed by atoms with E-state index in [0.29, 0.717) is 35.8 Å². The number of rotatable bonds is 2. The largest absolute Gasteiger partial charge is 0.391 e. The number of aliphatic hydroxyl groups is 1. The van der Waals surface area contributed by atoms with Gasteiger partial charge in [0, 0.05) is 6.54 Å². The number of nitrogens with zero attached hydrogens (tertiary/aromatic N) is 5. The molecule has 3 aromatic rings. The molecular weight excluding hydrogens is 316 g/mol. The van der Waals surface area contributed by atoms with Crippen molar-refractivity contribution >= 4 is 11.5 Å². The number of halogens is 2. The second kappa shape index (κ2) is 5.48. The topological polar surface area (TPSA) is 66.5 Å². The van der Waals surface area contributed by atoms with Crippen molar-refractivity contribution in [3.05, 3.63) is 53.4 Å². The second-order valence-corrected chi connectivity index (χ2v) is 5.94. The molecule has 0 radical (unpaired) electrons. The highest BCUT2D eigenvalue weighted by Gasteiger charge is 2.33. The van der Waals surface area contributed by atoms with E-state index in [4.69, 9.17) is 0 Å². The first-order chi connectivity index (χ1) is 11.5. The summed E-state index contributed by atoms with van der Waals surface area (Å²) in [5.74, 6) is -0.511. The van der Waals surface area contributed by atoms with Crippen molar-refractivity contribution in [3.63, 3.8) is 0 Å². The van der Waals surface area contributed by atoms with Crippen molar-refractivity contribution in [3.8, 4) is 0 Å². The normalized spacial score (nSPS) is 20.9. The van der Waals surface area contributed by atoms with E-state index in [9.17, 15) is 13.9 Å². The molecule has 24 heavy (non-hydrogen) atoms. The van der Waals surface area contributed by atoms with Gasteiger partial charge in [0.1, 0.15) is 5.82 Å². The number of anilines is 1. The molecule has 2 atom stereocenters. The minimum absolute atomic E-state index is 0.281. The minimum Gasteiger partial charge on any atom is -0.391 e. The molecule has 2 aromatic heterocycles. The number of aliphatic hydroxyl groups excluding tert-OH is 1. The summed E-state index contributed by atoms with van der Waals surface area (Å²) in [4.78, 5) is 1.89. The molecule has 1 aliphatic heterocycles. The molecule has 0 aliphatic carbocycles. The van der Waals surface area contributed by atoms with Crippen LogP contribution in [0.15, 0.2) is 30.3 Å². The van der Waals surface area contributed by atoms with Crippen LogP contribution < -0.4 is 4.90 Å². The van der Waals surface area contributed by atoms with Crippen LogP contribution in [0.4, 0.5) is 14.6 Å². The van der Waals surface area contributed by atoms with E-state index in [-0.39, 0.29) is 6.04 Å². The van der Waals surface area contributed by atoms with E-state index in [0.717, 1.165) is 6.07 Å². The number of hydrogen-bond acceptors (Lipinski definition) is 5. The summed E-state index contributed by atoms with van der Waals surface area (Å²) in [7, 11) is 0. The van der Waals surface area contributed by atoms with E-state index >= 15 is 0 Å². The summed E-state index contributed by atoms with van der Waals surface area (Å²) < 4.78 is 28.4. The predicted octanol–water partition coefficient (Wildman–Crippen LogP) is 2.02. The first kappa shape index (κ1) is 14.9. The summed E-state index contributed by atoms with van der Waals surface area (Å²) in [6, 6.07) is 7.11. The molecule has 3 heterocycles. The zero-order valence-corrected chi connectivity index (χ0v) is 12.9. The Morgan fingerprint density at radius 2 is 1.96 bits per heavy atom. The summed E-state index contributed by atoms with van der Waals surface area (Å²) >= 11 is 0. The molecule has 1 aliphatic rings. The number of β-amino-alcohol motifs (C(OH)–C–C–N with tert-alkyl or cyclic N) is 1. The Bertz CT molecular complexity index is 913. The Hall–Kier alpha value is -2.61. The van der Waals surface area contributed by atoms with Crippen LogP contribution in [0, 0.1) is 18.6 Å². The molecule has 0 amide bonds. The van der Waals surface area contributed by atoms with Gasteiger partial charge in [-0.3, -0.25) is 0 Å². The Morgan fingerprint density at radius 3 is 2.75 bits per heavy atom. The molecule has 1 fully saturated rings. The fourth-order valence-electron chi connectivity index (χ4n) is 3.14. The molecule has 124 valence electrons. The lowest BCUT2D eigenvalue weighted by atomic mass is 10.0. The van der Waals surface area contributed by atoms with Gasteiger partial charge in [-0.25, -0.2) is 8.78 Å². The van der Waals surface area contributed by atoms with Crippen LogP contribution in [0.25, 0.3) is 5.65 Å². The van der Waals surface area contributed by atoms with E-state index in [1.54, 1.807) is 23.6 Å². The highest BCUT2D eigenvalue weighted by atomic mass is 19.2. The van der Waals surface area contributed by atoms with Gasteiger partial charge in [-0.1, -0.05) is 6.07 Å². The van der Waals surface area contributed by atoms with Crippen LogP contribution in [0.3, 0.4) is 0 Å². The Labute approximate surface area is 136 Å². The lowest BCUT2D eigenvalue weighted by Crippen LogP contribution is -2.26. The van der Waals surface area contributed by atoms with Gasteiger partial charge in [0.15, 0.2) is 23.1 Å². The van der Waals surface area contributed by atoms with Gasteiger partial charge in [-0.05, 0) is 43.2 Å². The van der Waals surface area contributed by atoms with Crippen LogP contribution >= 0.6 is 0 Å². The molecule has 6 nitrogen and oxygen atoms in total. The SMILES string of the molecule is Cc1nnc2ccc(N3CC(O)CC3c3ccc(F)c(F)c3)nn12. The Balaban J connectivity index is 1.75. The summed E-state index contributed by atoms with van der Waals surface area (Å²) in [5.41, 5.74) is 1.23. The average molecular weight is 331 g/mol. The number of fused-ring (bicyclic) bond motifs is 1.